The van der Waals surface area contributed by atoms with Gasteiger partial charge in [0.05, 0.1) is 6.10 Å². The summed E-state index contributed by atoms with van der Waals surface area (Å²) in [6, 6.07) is 0. The van der Waals surface area contributed by atoms with Gasteiger partial charge in [-0.25, -0.2) is 0 Å². The molecule has 1 unspecified atom stereocenters. The zero-order valence-electron chi connectivity index (χ0n) is 6.55. The molecule has 0 saturated heterocycles. The van der Waals surface area contributed by atoms with Gasteiger partial charge in [0.15, 0.2) is 0 Å². The molecule has 58 valence electrons. The zero-order valence-corrected chi connectivity index (χ0v) is 6.55. The molecule has 1 rings (SSSR count). The number of aliphatic hydroxyl groups excluding tert-OH is 1. The highest BCUT2D eigenvalue weighted by Crippen LogP contribution is 2.50. The first kappa shape index (κ1) is 7.73. The SMILES string of the molecule is CC(=O)C1(CC(C)O)CC1. The number of hydrogen-bond acceptors (Lipinski definition) is 2. The van der Waals surface area contributed by atoms with Crippen molar-refractivity contribution in [2.24, 2.45) is 5.41 Å². The minimum atomic E-state index is -0.327. The highest BCUT2D eigenvalue weighted by atomic mass is 16.3. The molecular weight excluding hydrogens is 128 g/mol. The van der Waals surface area contributed by atoms with Crippen LogP contribution >= 0.6 is 0 Å². The maximum Gasteiger partial charge on any atom is 0.136 e. The lowest BCUT2D eigenvalue weighted by Gasteiger charge is -2.12. The molecule has 1 saturated carbocycles. The number of rotatable bonds is 3. The van der Waals surface area contributed by atoms with Crippen molar-refractivity contribution in [1.29, 1.82) is 0 Å². The molecule has 2 heteroatoms. The summed E-state index contributed by atoms with van der Waals surface area (Å²) >= 11 is 0. The summed E-state index contributed by atoms with van der Waals surface area (Å²) in [5, 5.41) is 9.02. The van der Waals surface area contributed by atoms with E-state index in [-0.39, 0.29) is 17.3 Å². The molecular formula is C8H14O2. The normalized spacial score (nSPS) is 23.9. The van der Waals surface area contributed by atoms with Crippen LogP contribution in [0.5, 0.6) is 0 Å². The molecule has 0 bridgehead atoms. The van der Waals surface area contributed by atoms with Gasteiger partial charge in [-0.1, -0.05) is 0 Å². The minimum Gasteiger partial charge on any atom is -0.393 e. The largest absolute Gasteiger partial charge is 0.393 e. The summed E-state index contributed by atoms with van der Waals surface area (Å²) in [7, 11) is 0. The standard InChI is InChI=1S/C8H14O2/c1-6(9)5-8(3-4-8)7(2)10/h6,9H,3-5H2,1-2H3. The summed E-state index contributed by atoms with van der Waals surface area (Å²) in [6.07, 6.45) is 2.29. The fourth-order valence-electron chi connectivity index (χ4n) is 1.42. The van der Waals surface area contributed by atoms with Crippen LogP contribution in [0.1, 0.15) is 33.1 Å². The topological polar surface area (TPSA) is 37.3 Å². The van der Waals surface area contributed by atoms with Gasteiger partial charge in [-0.3, -0.25) is 4.79 Å². The van der Waals surface area contributed by atoms with Crippen LogP contribution in [0.3, 0.4) is 0 Å². The van der Waals surface area contributed by atoms with Crippen LogP contribution in [0.25, 0.3) is 0 Å². The Balaban J connectivity index is 2.45. The fourth-order valence-corrected chi connectivity index (χ4v) is 1.42. The van der Waals surface area contributed by atoms with Crippen LogP contribution in [0.4, 0.5) is 0 Å². The van der Waals surface area contributed by atoms with Crippen molar-refractivity contribution in [3.63, 3.8) is 0 Å². The molecule has 0 aromatic carbocycles. The fraction of sp³-hybridized carbons (Fsp3) is 0.875. The van der Waals surface area contributed by atoms with E-state index in [0.29, 0.717) is 6.42 Å². The van der Waals surface area contributed by atoms with E-state index in [1.165, 1.54) is 0 Å². The maximum absolute atomic E-state index is 11.0. The van der Waals surface area contributed by atoms with Crippen molar-refractivity contribution in [2.45, 2.75) is 39.2 Å². The van der Waals surface area contributed by atoms with Gasteiger partial charge in [0, 0.05) is 5.41 Å². The Bertz CT molecular complexity index is 145. The minimum absolute atomic E-state index is 0.117. The lowest BCUT2D eigenvalue weighted by atomic mass is 9.95. The van der Waals surface area contributed by atoms with Crippen LogP contribution < -0.4 is 0 Å². The van der Waals surface area contributed by atoms with Crippen molar-refractivity contribution < 1.29 is 9.90 Å². The smallest absolute Gasteiger partial charge is 0.136 e. The number of carbonyl (C=O) groups is 1. The predicted molar refractivity (Wildman–Crippen MR) is 38.6 cm³/mol. The second-order valence-corrected chi connectivity index (χ2v) is 3.39. The molecule has 0 amide bonds. The molecule has 0 aromatic heterocycles. The number of aliphatic hydroxyl groups is 1. The molecule has 10 heavy (non-hydrogen) atoms. The van der Waals surface area contributed by atoms with Crippen molar-refractivity contribution in [2.75, 3.05) is 0 Å². The quantitative estimate of drug-likeness (QED) is 0.641. The lowest BCUT2D eigenvalue weighted by molar-refractivity contribution is -0.123. The Labute approximate surface area is 61.2 Å². The highest BCUT2D eigenvalue weighted by molar-refractivity contribution is 5.84. The van der Waals surface area contributed by atoms with Gasteiger partial charge in [-0.15, -0.1) is 0 Å². The molecule has 1 fully saturated rings. The van der Waals surface area contributed by atoms with Crippen molar-refractivity contribution in [1.82, 2.24) is 0 Å². The number of hydrogen-bond donors (Lipinski definition) is 1. The van der Waals surface area contributed by atoms with E-state index in [4.69, 9.17) is 5.11 Å². The van der Waals surface area contributed by atoms with E-state index in [2.05, 4.69) is 0 Å². The summed E-state index contributed by atoms with van der Waals surface area (Å²) in [4.78, 5) is 11.0. The van der Waals surface area contributed by atoms with Gasteiger partial charge in [-0.05, 0) is 33.1 Å². The predicted octanol–water partition coefficient (Wildman–Crippen LogP) is 1.13. The monoisotopic (exact) mass is 142 g/mol. The van der Waals surface area contributed by atoms with Gasteiger partial charge >= 0.3 is 0 Å². The van der Waals surface area contributed by atoms with Crippen molar-refractivity contribution in [3.8, 4) is 0 Å². The first-order valence-corrected chi connectivity index (χ1v) is 3.76. The number of carbonyl (C=O) groups excluding carboxylic acids is 1. The van der Waals surface area contributed by atoms with E-state index >= 15 is 0 Å². The van der Waals surface area contributed by atoms with Crippen LogP contribution in [-0.2, 0) is 4.79 Å². The first-order chi connectivity index (χ1) is 4.57. The van der Waals surface area contributed by atoms with Gasteiger partial charge in [0.1, 0.15) is 5.78 Å². The maximum atomic E-state index is 11.0. The molecule has 2 nitrogen and oxygen atoms in total. The van der Waals surface area contributed by atoms with Crippen LogP contribution in [0.2, 0.25) is 0 Å². The van der Waals surface area contributed by atoms with E-state index < -0.39 is 0 Å². The van der Waals surface area contributed by atoms with E-state index in [1.54, 1.807) is 13.8 Å². The third-order valence-electron chi connectivity index (χ3n) is 2.29. The highest BCUT2D eigenvalue weighted by Gasteiger charge is 2.47. The molecule has 0 heterocycles. The molecule has 1 aliphatic rings. The lowest BCUT2D eigenvalue weighted by Crippen LogP contribution is -2.17. The van der Waals surface area contributed by atoms with Gasteiger partial charge in [0.2, 0.25) is 0 Å². The molecule has 0 aromatic rings. The van der Waals surface area contributed by atoms with Gasteiger partial charge < -0.3 is 5.11 Å². The van der Waals surface area contributed by atoms with Gasteiger partial charge in [0.25, 0.3) is 0 Å². The van der Waals surface area contributed by atoms with Crippen LogP contribution in [0, 0.1) is 5.41 Å². The summed E-state index contributed by atoms with van der Waals surface area (Å²) in [6.45, 7) is 3.36. The van der Waals surface area contributed by atoms with Crippen LogP contribution in [0.15, 0.2) is 0 Å². The third-order valence-corrected chi connectivity index (χ3v) is 2.29. The third kappa shape index (κ3) is 1.37. The number of Topliss-reactive ketones (excluding diaryl/α,β-unsaturated/α-hetero) is 1. The summed E-state index contributed by atoms with van der Waals surface area (Å²) in [5.41, 5.74) is -0.117. The number of ketones is 1. The van der Waals surface area contributed by atoms with Crippen molar-refractivity contribution >= 4 is 5.78 Å². The van der Waals surface area contributed by atoms with Gasteiger partial charge in [-0.2, -0.15) is 0 Å². The molecule has 0 aliphatic heterocycles. The Morgan fingerprint density at radius 2 is 2.20 bits per heavy atom. The molecule has 1 atom stereocenters. The van der Waals surface area contributed by atoms with Crippen molar-refractivity contribution in [3.05, 3.63) is 0 Å². The Morgan fingerprint density at radius 1 is 1.70 bits per heavy atom. The first-order valence-electron chi connectivity index (χ1n) is 3.76. The molecule has 0 radical (unpaired) electrons. The summed E-state index contributed by atoms with van der Waals surface area (Å²) < 4.78 is 0. The van der Waals surface area contributed by atoms with Crippen LogP contribution in [-0.4, -0.2) is 17.0 Å². The molecule has 1 N–H and O–H groups in total. The molecule has 1 aliphatic carbocycles. The second-order valence-electron chi connectivity index (χ2n) is 3.39. The zero-order chi connectivity index (χ0) is 7.78. The Morgan fingerprint density at radius 3 is 2.30 bits per heavy atom. The Kier molecular flexibility index (Phi) is 1.82. The second kappa shape index (κ2) is 2.35. The average molecular weight is 142 g/mol. The molecule has 0 spiro atoms. The summed E-state index contributed by atoms with van der Waals surface area (Å²) in [5.74, 6) is 0.244. The Hall–Kier alpha value is -0.370. The van der Waals surface area contributed by atoms with E-state index in [0.717, 1.165) is 12.8 Å². The average Bonchev–Trinajstić information content (AvgIpc) is 2.46. The van der Waals surface area contributed by atoms with E-state index in [9.17, 15) is 4.79 Å². The van der Waals surface area contributed by atoms with E-state index in [1.807, 2.05) is 0 Å².